The molecule has 34 heavy (non-hydrogen) atoms. The second-order valence-corrected chi connectivity index (χ2v) is 7.54. The van der Waals surface area contributed by atoms with Crippen molar-refractivity contribution in [1.82, 2.24) is 10.3 Å². The van der Waals surface area contributed by atoms with E-state index < -0.39 is 17.8 Å². The number of halogens is 3. The van der Waals surface area contributed by atoms with E-state index in [4.69, 9.17) is 4.74 Å². The monoisotopic (exact) mass is 465 g/mol. The standard InChI is InChI=1S/C26H22F3N3O2/c1-2-34-21-9-6-17(7-10-21)22-11-8-18(24-16-30-13-12-23(22)24)15-31-25(33)32-20-5-3-4-19(14-20)26(27,28)29/h3-14,16H,2,15H2,1H3,(H2,31,32,33). The molecule has 4 rings (SSSR count). The number of nitrogens with zero attached hydrogens (tertiary/aromatic N) is 1. The molecule has 1 aromatic heterocycles. The Morgan fingerprint density at radius 2 is 1.79 bits per heavy atom. The molecule has 0 radical (unpaired) electrons. The highest BCUT2D eigenvalue weighted by Gasteiger charge is 2.30. The molecule has 0 saturated carbocycles. The largest absolute Gasteiger partial charge is 0.494 e. The molecule has 0 aliphatic heterocycles. The molecule has 2 N–H and O–H groups in total. The zero-order chi connectivity index (χ0) is 24.1. The molecule has 4 aromatic rings. The van der Waals surface area contributed by atoms with Crippen LogP contribution in [-0.4, -0.2) is 17.6 Å². The predicted molar refractivity (Wildman–Crippen MR) is 126 cm³/mol. The Hall–Kier alpha value is -4.07. The van der Waals surface area contributed by atoms with E-state index in [1.54, 1.807) is 12.4 Å². The second kappa shape index (κ2) is 9.82. The van der Waals surface area contributed by atoms with E-state index in [2.05, 4.69) is 15.6 Å². The number of amides is 2. The highest BCUT2D eigenvalue weighted by Crippen LogP contribution is 2.32. The maximum atomic E-state index is 12.9. The maximum absolute atomic E-state index is 12.9. The van der Waals surface area contributed by atoms with Gasteiger partial charge < -0.3 is 15.4 Å². The highest BCUT2D eigenvalue weighted by atomic mass is 19.4. The molecule has 1 heterocycles. The molecule has 0 fully saturated rings. The molecule has 174 valence electrons. The number of pyridine rings is 1. The molecule has 2 amide bonds. The van der Waals surface area contributed by atoms with Gasteiger partial charge in [0.15, 0.2) is 0 Å². The zero-order valence-electron chi connectivity index (χ0n) is 18.3. The zero-order valence-corrected chi connectivity index (χ0v) is 18.3. The Morgan fingerprint density at radius 1 is 1.00 bits per heavy atom. The van der Waals surface area contributed by atoms with Gasteiger partial charge in [0.25, 0.3) is 0 Å². The predicted octanol–water partition coefficient (Wildman–Crippen LogP) is 6.64. The molecule has 0 atom stereocenters. The molecule has 0 spiro atoms. The minimum atomic E-state index is -4.48. The van der Waals surface area contributed by atoms with Crippen LogP contribution in [0.5, 0.6) is 5.75 Å². The quantitative estimate of drug-likeness (QED) is 0.336. The fourth-order valence-electron chi connectivity index (χ4n) is 3.68. The number of hydrogen-bond donors (Lipinski definition) is 2. The molecular formula is C26H22F3N3O2. The SMILES string of the molecule is CCOc1ccc(-c2ccc(CNC(=O)Nc3cccc(C(F)(F)F)c3)c3cnccc23)cc1. The van der Waals surface area contributed by atoms with Crippen LogP contribution >= 0.6 is 0 Å². The van der Waals surface area contributed by atoms with Crippen molar-refractivity contribution in [2.24, 2.45) is 0 Å². The van der Waals surface area contributed by atoms with Gasteiger partial charge in [0.05, 0.1) is 12.2 Å². The Balaban J connectivity index is 1.51. The van der Waals surface area contributed by atoms with Gasteiger partial charge in [-0.2, -0.15) is 13.2 Å². The molecule has 0 bridgehead atoms. The maximum Gasteiger partial charge on any atom is 0.416 e. The van der Waals surface area contributed by atoms with E-state index in [0.717, 1.165) is 45.3 Å². The van der Waals surface area contributed by atoms with Crippen LogP contribution in [-0.2, 0) is 12.7 Å². The molecule has 8 heteroatoms. The first-order valence-corrected chi connectivity index (χ1v) is 10.7. The third-order valence-corrected chi connectivity index (χ3v) is 5.27. The van der Waals surface area contributed by atoms with Crippen LogP contribution in [0.4, 0.5) is 23.7 Å². The lowest BCUT2D eigenvalue weighted by atomic mass is 9.96. The van der Waals surface area contributed by atoms with Crippen molar-refractivity contribution in [3.05, 3.63) is 90.3 Å². The normalized spacial score (nSPS) is 11.3. The number of alkyl halides is 3. The van der Waals surface area contributed by atoms with Gasteiger partial charge in [0.1, 0.15) is 5.75 Å². The first-order valence-electron chi connectivity index (χ1n) is 10.7. The number of anilines is 1. The van der Waals surface area contributed by atoms with Crippen molar-refractivity contribution in [2.75, 3.05) is 11.9 Å². The average Bonchev–Trinajstić information content (AvgIpc) is 2.83. The van der Waals surface area contributed by atoms with E-state index in [-0.39, 0.29) is 12.2 Å². The van der Waals surface area contributed by atoms with E-state index in [9.17, 15) is 18.0 Å². The van der Waals surface area contributed by atoms with E-state index in [1.165, 1.54) is 12.1 Å². The first-order chi connectivity index (χ1) is 16.3. The number of fused-ring (bicyclic) bond motifs is 1. The Bertz CT molecular complexity index is 1300. The van der Waals surface area contributed by atoms with Crippen molar-refractivity contribution in [1.29, 1.82) is 0 Å². The van der Waals surface area contributed by atoms with Gasteiger partial charge in [-0.05, 0) is 65.4 Å². The van der Waals surface area contributed by atoms with Gasteiger partial charge in [-0.25, -0.2) is 4.79 Å². The number of urea groups is 1. The van der Waals surface area contributed by atoms with Gasteiger partial charge in [0.2, 0.25) is 0 Å². The number of hydrogen-bond acceptors (Lipinski definition) is 3. The third-order valence-electron chi connectivity index (χ3n) is 5.27. The lowest BCUT2D eigenvalue weighted by molar-refractivity contribution is -0.137. The summed E-state index contributed by atoms with van der Waals surface area (Å²) in [5.41, 5.74) is 2.09. The molecule has 0 saturated heterocycles. The summed E-state index contributed by atoms with van der Waals surface area (Å²) in [4.78, 5) is 16.5. The summed E-state index contributed by atoms with van der Waals surface area (Å²) in [6.45, 7) is 2.70. The van der Waals surface area contributed by atoms with E-state index in [0.29, 0.717) is 6.61 Å². The van der Waals surface area contributed by atoms with Crippen molar-refractivity contribution < 1.29 is 22.7 Å². The summed E-state index contributed by atoms with van der Waals surface area (Å²) in [5, 5.41) is 6.99. The smallest absolute Gasteiger partial charge is 0.416 e. The van der Waals surface area contributed by atoms with Crippen LogP contribution in [0.1, 0.15) is 18.1 Å². The van der Waals surface area contributed by atoms with Crippen LogP contribution in [0.2, 0.25) is 0 Å². The van der Waals surface area contributed by atoms with Gasteiger partial charge >= 0.3 is 12.2 Å². The van der Waals surface area contributed by atoms with Gasteiger partial charge in [-0.15, -0.1) is 0 Å². The summed E-state index contributed by atoms with van der Waals surface area (Å²) in [6.07, 6.45) is -1.04. The van der Waals surface area contributed by atoms with Crippen LogP contribution in [0, 0.1) is 0 Å². The van der Waals surface area contributed by atoms with E-state index >= 15 is 0 Å². The molecule has 5 nitrogen and oxygen atoms in total. The number of benzene rings is 3. The number of rotatable bonds is 6. The van der Waals surface area contributed by atoms with Crippen molar-refractivity contribution in [2.45, 2.75) is 19.6 Å². The molecule has 3 aromatic carbocycles. The minimum absolute atomic E-state index is 0.0599. The summed E-state index contributed by atoms with van der Waals surface area (Å²) in [7, 11) is 0. The van der Waals surface area contributed by atoms with Crippen LogP contribution in [0.15, 0.2) is 79.1 Å². The summed E-state index contributed by atoms with van der Waals surface area (Å²) >= 11 is 0. The van der Waals surface area contributed by atoms with Crippen LogP contribution < -0.4 is 15.4 Å². The molecular weight excluding hydrogens is 443 g/mol. The lowest BCUT2D eigenvalue weighted by Crippen LogP contribution is -2.28. The lowest BCUT2D eigenvalue weighted by Gasteiger charge is -2.14. The summed E-state index contributed by atoms with van der Waals surface area (Å²) in [6, 6.07) is 17.5. The van der Waals surface area contributed by atoms with Crippen molar-refractivity contribution in [3.63, 3.8) is 0 Å². The average molecular weight is 465 g/mol. The van der Waals surface area contributed by atoms with Crippen LogP contribution in [0.3, 0.4) is 0 Å². The first kappa shape index (κ1) is 23.1. The fourth-order valence-corrected chi connectivity index (χ4v) is 3.68. The molecule has 0 aliphatic carbocycles. The van der Waals surface area contributed by atoms with Crippen molar-refractivity contribution >= 4 is 22.5 Å². The minimum Gasteiger partial charge on any atom is -0.494 e. The number of carbonyl (C=O) groups excluding carboxylic acids is 1. The third kappa shape index (κ3) is 5.28. The number of ether oxygens (including phenoxy) is 1. The highest BCUT2D eigenvalue weighted by molar-refractivity contribution is 5.98. The summed E-state index contributed by atoms with van der Waals surface area (Å²) < 4.78 is 44.2. The van der Waals surface area contributed by atoms with E-state index in [1.807, 2.05) is 49.4 Å². The molecule has 0 aliphatic rings. The second-order valence-electron chi connectivity index (χ2n) is 7.54. The Kier molecular flexibility index (Phi) is 6.67. The fraction of sp³-hybridized carbons (Fsp3) is 0.154. The van der Waals surface area contributed by atoms with Gasteiger partial charge in [-0.3, -0.25) is 4.98 Å². The number of aromatic nitrogens is 1. The Labute approximate surface area is 194 Å². The topological polar surface area (TPSA) is 63.2 Å². The summed E-state index contributed by atoms with van der Waals surface area (Å²) in [5.74, 6) is 0.796. The van der Waals surface area contributed by atoms with Gasteiger partial charge in [-0.1, -0.05) is 30.3 Å². The molecule has 0 unspecified atom stereocenters. The van der Waals surface area contributed by atoms with Gasteiger partial charge in [0, 0.05) is 30.0 Å². The Morgan fingerprint density at radius 3 is 2.53 bits per heavy atom. The van der Waals surface area contributed by atoms with Crippen molar-refractivity contribution in [3.8, 4) is 16.9 Å². The number of carbonyl (C=O) groups is 1. The van der Waals surface area contributed by atoms with Crippen LogP contribution in [0.25, 0.3) is 21.9 Å². The number of nitrogens with one attached hydrogen (secondary N) is 2.